The number of aryl methyl sites for hydroxylation is 1. The Morgan fingerprint density at radius 2 is 2.15 bits per heavy atom. The SMILES string of the molecule is Cc1cc2c(=O)n(CC(=O)OCC(C)C)c(=O)[nH]c2s1. The summed E-state index contributed by atoms with van der Waals surface area (Å²) in [7, 11) is 0. The van der Waals surface area contributed by atoms with Crippen molar-refractivity contribution < 1.29 is 9.53 Å². The molecule has 2 aromatic heterocycles. The molecule has 0 aliphatic rings. The summed E-state index contributed by atoms with van der Waals surface area (Å²) in [6, 6.07) is 1.70. The number of ether oxygens (including phenoxy) is 1. The highest BCUT2D eigenvalue weighted by Crippen LogP contribution is 2.18. The lowest BCUT2D eigenvalue weighted by atomic mass is 10.2. The molecular weight excluding hydrogens is 280 g/mol. The summed E-state index contributed by atoms with van der Waals surface area (Å²) in [5.74, 6) is -0.381. The van der Waals surface area contributed by atoms with Gasteiger partial charge in [-0.05, 0) is 18.9 Å². The van der Waals surface area contributed by atoms with Crippen molar-refractivity contribution in [3.05, 3.63) is 31.8 Å². The summed E-state index contributed by atoms with van der Waals surface area (Å²) >= 11 is 1.34. The molecule has 0 amide bonds. The van der Waals surface area contributed by atoms with Gasteiger partial charge < -0.3 is 4.74 Å². The first kappa shape index (κ1) is 14.5. The van der Waals surface area contributed by atoms with Gasteiger partial charge in [-0.15, -0.1) is 11.3 Å². The summed E-state index contributed by atoms with van der Waals surface area (Å²) in [6.45, 7) is 5.57. The number of esters is 1. The second kappa shape index (κ2) is 5.62. The molecule has 0 saturated carbocycles. The average Bonchev–Trinajstić information content (AvgIpc) is 2.72. The minimum absolute atomic E-state index is 0.205. The Morgan fingerprint density at radius 3 is 2.80 bits per heavy atom. The van der Waals surface area contributed by atoms with Crippen molar-refractivity contribution in [3.63, 3.8) is 0 Å². The Bertz CT molecular complexity index is 754. The maximum absolute atomic E-state index is 12.2. The second-order valence-electron chi connectivity index (χ2n) is 5.00. The normalized spacial score (nSPS) is 11.2. The van der Waals surface area contributed by atoms with Gasteiger partial charge in [-0.25, -0.2) is 9.36 Å². The third-order valence-corrected chi connectivity index (χ3v) is 3.63. The standard InChI is InChI=1S/C13H16N2O4S/c1-7(2)6-19-10(16)5-15-12(17)9-4-8(3)20-11(9)14-13(15)18/h4,7H,5-6H2,1-3H3,(H,14,18). The number of nitrogens with zero attached hydrogens (tertiary/aromatic N) is 1. The number of fused-ring (bicyclic) bond motifs is 1. The van der Waals surface area contributed by atoms with Crippen LogP contribution in [0.25, 0.3) is 10.2 Å². The minimum atomic E-state index is -0.592. The smallest absolute Gasteiger partial charge is 0.329 e. The zero-order valence-electron chi connectivity index (χ0n) is 11.6. The number of hydrogen-bond acceptors (Lipinski definition) is 5. The topological polar surface area (TPSA) is 81.2 Å². The van der Waals surface area contributed by atoms with E-state index in [4.69, 9.17) is 4.74 Å². The Balaban J connectivity index is 2.32. The number of carbonyl (C=O) groups excluding carboxylic acids is 1. The lowest BCUT2D eigenvalue weighted by Gasteiger charge is -2.08. The predicted molar refractivity (Wildman–Crippen MR) is 77.2 cm³/mol. The predicted octanol–water partition coefficient (Wildman–Crippen LogP) is 1.26. The molecule has 1 N–H and O–H groups in total. The molecule has 0 saturated heterocycles. The van der Waals surface area contributed by atoms with E-state index in [0.29, 0.717) is 10.2 Å². The molecule has 7 heteroatoms. The van der Waals surface area contributed by atoms with Gasteiger partial charge in [-0.1, -0.05) is 13.8 Å². The monoisotopic (exact) mass is 296 g/mol. The van der Waals surface area contributed by atoms with Crippen LogP contribution in [0.1, 0.15) is 18.7 Å². The van der Waals surface area contributed by atoms with Gasteiger partial charge in [0.2, 0.25) is 0 Å². The van der Waals surface area contributed by atoms with Gasteiger partial charge >= 0.3 is 11.7 Å². The molecule has 108 valence electrons. The minimum Gasteiger partial charge on any atom is -0.464 e. The molecule has 0 unspecified atom stereocenters. The largest absolute Gasteiger partial charge is 0.464 e. The van der Waals surface area contributed by atoms with E-state index in [-0.39, 0.29) is 19.1 Å². The van der Waals surface area contributed by atoms with Crippen LogP contribution in [-0.2, 0) is 16.1 Å². The molecule has 0 bridgehead atoms. The van der Waals surface area contributed by atoms with Gasteiger partial charge in [0.1, 0.15) is 11.4 Å². The quantitative estimate of drug-likeness (QED) is 0.861. The molecule has 2 rings (SSSR count). The van der Waals surface area contributed by atoms with E-state index in [1.54, 1.807) is 6.07 Å². The van der Waals surface area contributed by atoms with Crippen LogP contribution >= 0.6 is 11.3 Å². The third-order valence-electron chi connectivity index (χ3n) is 2.66. The van der Waals surface area contributed by atoms with Crippen LogP contribution in [0.4, 0.5) is 0 Å². The fourth-order valence-corrected chi connectivity index (χ4v) is 2.64. The fraction of sp³-hybridized carbons (Fsp3) is 0.462. The van der Waals surface area contributed by atoms with Crippen LogP contribution in [0.15, 0.2) is 15.7 Å². The van der Waals surface area contributed by atoms with E-state index < -0.39 is 17.2 Å². The maximum Gasteiger partial charge on any atom is 0.329 e. The molecule has 0 atom stereocenters. The lowest BCUT2D eigenvalue weighted by Crippen LogP contribution is -2.37. The van der Waals surface area contributed by atoms with Gasteiger partial charge in [-0.2, -0.15) is 0 Å². The van der Waals surface area contributed by atoms with Crippen molar-refractivity contribution in [3.8, 4) is 0 Å². The summed E-state index contributed by atoms with van der Waals surface area (Å²) in [5, 5.41) is 0.420. The second-order valence-corrected chi connectivity index (χ2v) is 6.25. The molecule has 6 nitrogen and oxygen atoms in total. The van der Waals surface area contributed by atoms with Crippen molar-refractivity contribution in [2.75, 3.05) is 6.61 Å². The van der Waals surface area contributed by atoms with Crippen LogP contribution in [0, 0.1) is 12.8 Å². The Hall–Kier alpha value is -1.89. The van der Waals surface area contributed by atoms with E-state index >= 15 is 0 Å². The van der Waals surface area contributed by atoms with Gasteiger partial charge in [-0.3, -0.25) is 14.6 Å². The summed E-state index contributed by atoms with van der Waals surface area (Å²) in [4.78, 5) is 39.7. The van der Waals surface area contributed by atoms with E-state index in [2.05, 4.69) is 4.98 Å². The molecule has 0 radical (unpaired) electrons. The Kier molecular flexibility index (Phi) is 4.08. The third kappa shape index (κ3) is 2.98. The number of thiophene rings is 1. The van der Waals surface area contributed by atoms with E-state index in [0.717, 1.165) is 9.44 Å². The number of nitrogens with one attached hydrogen (secondary N) is 1. The molecular formula is C13H16N2O4S. The van der Waals surface area contributed by atoms with Gasteiger partial charge in [0.05, 0.1) is 12.0 Å². The molecule has 0 fully saturated rings. The first-order chi connectivity index (χ1) is 9.38. The van der Waals surface area contributed by atoms with Crippen LogP contribution in [0.3, 0.4) is 0 Å². The molecule has 2 heterocycles. The number of rotatable bonds is 4. The Morgan fingerprint density at radius 1 is 1.45 bits per heavy atom. The van der Waals surface area contributed by atoms with E-state index in [1.165, 1.54) is 11.3 Å². The number of aromatic nitrogens is 2. The number of carbonyl (C=O) groups is 1. The van der Waals surface area contributed by atoms with Crippen molar-refractivity contribution in [1.82, 2.24) is 9.55 Å². The highest BCUT2D eigenvalue weighted by molar-refractivity contribution is 7.18. The molecule has 20 heavy (non-hydrogen) atoms. The van der Waals surface area contributed by atoms with Gasteiger partial charge in [0.25, 0.3) is 5.56 Å². The molecule has 0 aromatic carbocycles. The van der Waals surface area contributed by atoms with Crippen molar-refractivity contribution in [2.45, 2.75) is 27.3 Å². The number of aromatic amines is 1. The highest BCUT2D eigenvalue weighted by Gasteiger charge is 2.14. The Labute approximate surface area is 119 Å². The van der Waals surface area contributed by atoms with Crippen molar-refractivity contribution in [1.29, 1.82) is 0 Å². The fourth-order valence-electron chi connectivity index (χ4n) is 1.75. The van der Waals surface area contributed by atoms with Gasteiger partial charge in [0.15, 0.2) is 0 Å². The van der Waals surface area contributed by atoms with Crippen molar-refractivity contribution in [2.24, 2.45) is 5.92 Å². The lowest BCUT2D eigenvalue weighted by molar-refractivity contribution is -0.145. The summed E-state index contributed by atoms with van der Waals surface area (Å²) in [6.07, 6.45) is 0. The van der Waals surface area contributed by atoms with Crippen LogP contribution in [0.2, 0.25) is 0 Å². The molecule has 0 aliphatic heterocycles. The first-order valence-corrected chi connectivity index (χ1v) is 7.09. The van der Waals surface area contributed by atoms with Crippen LogP contribution < -0.4 is 11.2 Å². The van der Waals surface area contributed by atoms with Gasteiger partial charge in [0, 0.05) is 4.88 Å². The number of H-pyrrole nitrogens is 1. The maximum atomic E-state index is 12.2. The highest BCUT2D eigenvalue weighted by atomic mass is 32.1. The van der Waals surface area contributed by atoms with Crippen LogP contribution in [0.5, 0.6) is 0 Å². The molecule has 2 aromatic rings. The van der Waals surface area contributed by atoms with E-state index in [9.17, 15) is 14.4 Å². The number of hydrogen-bond donors (Lipinski definition) is 1. The summed E-state index contributed by atoms with van der Waals surface area (Å²) < 4.78 is 5.86. The van der Waals surface area contributed by atoms with Crippen LogP contribution in [-0.4, -0.2) is 22.1 Å². The van der Waals surface area contributed by atoms with E-state index in [1.807, 2.05) is 20.8 Å². The molecule has 0 spiro atoms. The molecule has 0 aliphatic carbocycles. The summed E-state index contributed by atoms with van der Waals surface area (Å²) in [5.41, 5.74) is -1.06. The zero-order chi connectivity index (χ0) is 14.9. The zero-order valence-corrected chi connectivity index (χ0v) is 12.4. The first-order valence-electron chi connectivity index (χ1n) is 6.27. The van der Waals surface area contributed by atoms with Crippen molar-refractivity contribution >= 4 is 27.5 Å². The average molecular weight is 296 g/mol.